The molecule has 2 amide bonds. The van der Waals surface area contributed by atoms with Crippen LogP contribution in [0.4, 0.5) is 4.79 Å². The van der Waals surface area contributed by atoms with Gasteiger partial charge in [0.2, 0.25) is 0 Å². The first-order valence-corrected chi connectivity index (χ1v) is 6.23. The van der Waals surface area contributed by atoms with Gasteiger partial charge in [-0.05, 0) is 31.2 Å². The van der Waals surface area contributed by atoms with Crippen LogP contribution in [0, 0.1) is 0 Å². The highest BCUT2D eigenvalue weighted by molar-refractivity contribution is 7.10. The lowest BCUT2D eigenvalue weighted by atomic mass is 10.2. The van der Waals surface area contributed by atoms with E-state index in [1.54, 1.807) is 17.5 Å². The Morgan fingerprint density at radius 2 is 2.24 bits per heavy atom. The first-order valence-electron chi connectivity index (χ1n) is 5.35. The van der Waals surface area contributed by atoms with Crippen LogP contribution in [0.25, 0.3) is 0 Å². The maximum atomic E-state index is 11.6. The topological polar surface area (TPSA) is 78.4 Å². The van der Waals surface area contributed by atoms with Crippen LogP contribution in [-0.4, -0.2) is 22.6 Å². The monoisotopic (exact) mass is 254 g/mol. The third-order valence-corrected chi connectivity index (χ3v) is 3.70. The van der Waals surface area contributed by atoms with Crippen LogP contribution in [0.2, 0.25) is 0 Å². The molecule has 1 aromatic heterocycles. The summed E-state index contributed by atoms with van der Waals surface area (Å²) in [6.45, 7) is 1.94. The SMILES string of the molecule is CC1(NC(=O)NC(C(=O)O)c2cccs2)CC1. The van der Waals surface area contributed by atoms with E-state index < -0.39 is 18.0 Å². The molecule has 0 aromatic carbocycles. The lowest BCUT2D eigenvalue weighted by molar-refractivity contribution is -0.139. The highest BCUT2D eigenvalue weighted by Crippen LogP contribution is 2.34. The Kier molecular flexibility index (Phi) is 3.06. The second kappa shape index (κ2) is 4.37. The predicted molar refractivity (Wildman–Crippen MR) is 64.0 cm³/mol. The lowest BCUT2D eigenvalue weighted by Gasteiger charge is -2.16. The molecule has 5 nitrogen and oxygen atoms in total. The molecule has 1 aliphatic rings. The first-order chi connectivity index (χ1) is 8.00. The number of hydrogen-bond donors (Lipinski definition) is 3. The van der Waals surface area contributed by atoms with Gasteiger partial charge in [-0.1, -0.05) is 6.07 Å². The number of carboxylic acid groups (broad SMARTS) is 1. The number of carbonyl (C=O) groups excluding carboxylic acids is 1. The number of aliphatic carboxylic acids is 1. The van der Waals surface area contributed by atoms with E-state index >= 15 is 0 Å². The Bertz CT molecular complexity index is 426. The number of urea groups is 1. The summed E-state index contributed by atoms with van der Waals surface area (Å²) in [5.41, 5.74) is -0.150. The first kappa shape index (κ1) is 11.9. The Morgan fingerprint density at radius 3 is 2.71 bits per heavy atom. The highest BCUT2D eigenvalue weighted by Gasteiger charge is 2.39. The zero-order valence-corrected chi connectivity index (χ0v) is 10.2. The molecule has 1 fully saturated rings. The molecule has 1 atom stereocenters. The zero-order chi connectivity index (χ0) is 12.5. The van der Waals surface area contributed by atoms with Gasteiger partial charge in [-0.2, -0.15) is 0 Å². The second-order valence-electron chi connectivity index (χ2n) is 4.45. The van der Waals surface area contributed by atoms with E-state index in [4.69, 9.17) is 5.11 Å². The molecule has 1 aliphatic carbocycles. The van der Waals surface area contributed by atoms with Crippen LogP contribution in [0.1, 0.15) is 30.7 Å². The molecule has 1 heterocycles. The Balaban J connectivity index is 1.98. The maximum Gasteiger partial charge on any atom is 0.331 e. The van der Waals surface area contributed by atoms with Gasteiger partial charge in [0, 0.05) is 10.4 Å². The molecule has 0 aliphatic heterocycles. The summed E-state index contributed by atoms with van der Waals surface area (Å²) in [7, 11) is 0. The van der Waals surface area contributed by atoms with Crippen LogP contribution < -0.4 is 10.6 Å². The van der Waals surface area contributed by atoms with Crippen molar-refractivity contribution in [3.8, 4) is 0 Å². The Morgan fingerprint density at radius 1 is 1.53 bits per heavy atom. The van der Waals surface area contributed by atoms with Crippen molar-refractivity contribution in [2.24, 2.45) is 0 Å². The molecule has 0 spiro atoms. The maximum absolute atomic E-state index is 11.6. The standard InChI is InChI=1S/C11H14N2O3S/c1-11(4-5-11)13-10(16)12-8(9(14)15)7-3-2-6-17-7/h2-3,6,8H,4-5H2,1H3,(H,14,15)(H2,12,13,16). The van der Waals surface area contributed by atoms with E-state index in [-0.39, 0.29) is 5.54 Å². The fourth-order valence-corrected chi connectivity index (χ4v) is 2.23. The zero-order valence-electron chi connectivity index (χ0n) is 9.40. The van der Waals surface area contributed by atoms with Crippen LogP contribution >= 0.6 is 11.3 Å². The molecule has 2 rings (SSSR count). The van der Waals surface area contributed by atoms with Gasteiger partial charge in [0.1, 0.15) is 0 Å². The number of thiophene rings is 1. The fraction of sp³-hybridized carbons (Fsp3) is 0.455. The van der Waals surface area contributed by atoms with Crippen molar-refractivity contribution in [1.29, 1.82) is 0 Å². The smallest absolute Gasteiger partial charge is 0.331 e. The van der Waals surface area contributed by atoms with Gasteiger partial charge in [-0.3, -0.25) is 0 Å². The summed E-state index contributed by atoms with van der Waals surface area (Å²) in [4.78, 5) is 23.3. The molecular weight excluding hydrogens is 240 g/mol. The molecule has 0 saturated heterocycles. The summed E-state index contributed by atoms with van der Waals surface area (Å²) < 4.78 is 0. The number of rotatable bonds is 4. The molecule has 1 unspecified atom stereocenters. The average Bonchev–Trinajstić information content (AvgIpc) is 2.80. The number of amides is 2. The number of hydrogen-bond acceptors (Lipinski definition) is 3. The van der Waals surface area contributed by atoms with E-state index in [0.717, 1.165) is 12.8 Å². The van der Waals surface area contributed by atoms with Crippen molar-refractivity contribution < 1.29 is 14.7 Å². The Hall–Kier alpha value is -1.56. The Labute approximate surface area is 103 Å². The fourth-order valence-electron chi connectivity index (χ4n) is 1.46. The van der Waals surface area contributed by atoms with Crippen LogP contribution in [0.3, 0.4) is 0 Å². The van der Waals surface area contributed by atoms with Gasteiger partial charge in [0.05, 0.1) is 0 Å². The van der Waals surface area contributed by atoms with Crippen molar-refractivity contribution in [3.05, 3.63) is 22.4 Å². The summed E-state index contributed by atoms with van der Waals surface area (Å²) in [6, 6.07) is 2.06. The molecule has 6 heteroatoms. The largest absolute Gasteiger partial charge is 0.479 e. The van der Waals surface area contributed by atoms with Crippen molar-refractivity contribution >= 4 is 23.3 Å². The van der Waals surface area contributed by atoms with E-state index in [0.29, 0.717) is 4.88 Å². The predicted octanol–water partition coefficient (Wildman–Crippen LogP) is 1.73. The van der Waals surface area contributed by atoms with Crippen molar-refractivity contribution in [2.45, 2.75) is 31.3 Å². The molecular formula is C11H14N2O3S. The molecule has 1 saturated carbocycles. The minimum Gasteiger partial charge on any atom is -0.479 e. The molecule has 3 N–H and O–H groups in total. The summed E-state index contributed by atoms with van der Waals surface area (Å²) in [5.74, 6) is -1.05. The van der Waals surface area contributed by atoms with Gasteiger partial charge in [-0.15, -0.1) is 11.3 Å². The number of carboxylic acids is 1. The van der Waals surface area contributed by atoms with Crippen LogP contribution in [-0.2, 0) is 4.79 Å². The van der Waals surface area contributed by atoms with Gasteiger partial charge >= 0.3 is 12.0 Å². The third kappa shape index (κ3) is 2.97. The second-order valence-corrected chi connectivity index (χ2v) is 5.43. The molecule has 17 heavy (non-hydrogen) atoms. The van der Waals surface area contributed by atoms with Gasteiger partial charge in [0.25, 0.3) is 0 Å². The molecule has 0 bridgehead atoms. The van der Waals surface area contributed by atoms with E-state index in [2.05, 4.69) is 10.6 Å². The van der Waals surface area contributed by atoms with Gasteiger partial charge < -0.3 is 15.7 Å². The quantitative estimate of drug-likeness (QED) is 0.765. The minimum atomic E-state index is -1.05. The van der Waals surface area contributed by atoms with Crippen molar-refractivity contribution in [3.63, 3.8) is 0 Å². The number of nitrogens with one attached hydrogen (secondary N) is 2. The van der Waals surface area contributed by atoms with Crippen LogP contribution in [0.5, 0.6) is 0 Å². The van der Waals surface area contributed by atoms with Crippen LogP contribution in [0.15, 0.2) is 17.5 Å². The molecule has 1 aromatic rings. The lowest BCUT2D eigenvalue weighted by Crippen LogP contribution is -2.45. The third-order valence-electron chi connectivity index (χ3n) is 2.77. The van der Waals surface area contributed by atoms with E-state index in [9.17, 15) is 9.59 Å². The molecule has 0 radical (unpaired) electrons. The van der Waals surface area contributed by atoms with E-state index in [1.165, 1.54) is 11.3 Å². The van der Waals surface area contributed by atoms with E-state index in [1.807, 2.05) is 6.92 Å². The number of carbonyl (C=O) groups is 2. The van der Waals surface area contributed by atoms with Crippen molar-refractivity contribution in [2.75, 3.05) is 0 Å². The van der Waals surface area contributed by atoms with Gasteiger partial charge in [0.15, 0.2) is 6.04 Å². The summed E-state index contributed by atoms with van der Waals surface area (Å²) >= 11 is 1.31. The average molecular weight is 254 g/mol. The molecule has 92 valence electrons. The summed E-state index contributed by atoms with van der Waals surface area (Å²) in [6.07, 6.45) is 1.88. The summed E-state index contributed by atoms with van der Waals surface area (Å²) in [5, 5.41) is 16.1. The minimum absolute atomic E-state index is 0.150. The van der Waals surface area contributed by atoms with Gasteiger partial charge in [-0.25, -0.2) is 9.59 Å². The highest BCUT2D eigenvalue weighted by atomic mass is 32.1. The normalized spacial score (nSPS) is 18.2. The van der Waals surface area contributed by atoms with Crippen molar-refractivity contribution in [1.82, 2.24) is 10.6 Å².